The van der Waals surface area contributed by atoms with Gasteiger partial charge in [0, 0.05) is 13.2 Å². The van der Waals surface area contributed by atoms with E-state index >= 15 is 0 Å². The Bertz CT molecular complexity index is 748. The molecule has 90 valence electrons. The van der Waals surface area contributed by atoms with Gasteiger partial charge in [-0.05, 0) is 24.1 Å². The molecule has 2 heterocycles. The summed E-state index contributed by atoms with van der Waals surface area (Å²) in [6, 6.07) is 9.09. The summed E-state index contributed by atoms with van der Waals surface area (Å²) in [6.07, 6.45) is -0.412. The maximum Gasteiger partial charge on any atom is 0.241 e. The highest BCUT2D eigenvalue weighted by Gasteiger charge is 2.47. The first-order valence-corrected chi connectivity index (χ1v) is 5.71. The molecule has 2 aromatic rings. The summed E-state index contributed by atoms with van der Waals surface area (Å²) < 4.78 is 23.8. The molecule has 0 saturated heterocycles. The van der Waals surface area contributed by atoms with Gasteiger partial charge in [0.15, 0.2) is 0 Å². The van der Waals surface area contributed by atoms with E-state index in [9.17, 15) is 4.79 Å². The van der Waals surface area contributed by atoms with E-state index in [2.05, 4.69) is 4.98 Å². The number of likely N-dealkylation sites (N-methyl/N-ethyl adjacent to an activating group) is 1. The van der Waals surface area contributed by atoms with Crippen LogP contribution in [0.2, 0.25) is 0 Å². The van der Waals surface area contributed by atoms with Gasteiger partial charge >= 0.3 is 0 Å². The fourth-order valence-corrected chi connectivity index (χ4v) is 2.47. The standard InChI is InChI=1S/C15H14N2O/c1-15(11-6-4-3-5-7-11)12-8-9-16-10-13(12)17(2)14(15)18/h3-10H,1-2H3/i8D,9D,10D. The number of rotatable bonds is 1. The average molecular weight is 241 g/mol. The molecule has 0 bridgehead atoms. The molecule has 0 N–H and O–H groups in total. The Kier molecular flexibility index (Phi) is 1.64. The number of fused-ring (bicyclic) bond motifs is 1. The van der Waals surface area contributed by atoms with Crippen LogP contribution in [0.15, 0.2) is 48.7 Å². The molecule has 0 fully saturated rings. The lowest BCUT2D eigenvalue weighted by atomic mass is 9.77. The Labute approximate surface area is 110 Å². The van der Waals surface area contributed by atoms with Gasteiger partial charge in [-0.1, -0.05) is 30.3 Å². The van der Waals surface area contributed by atoms with Crippen LogP contribution < -0.4 is 4.90 Å². The van der Waals surface area contributed by atoms with E-state index in [1.54, 1.807) is 14.0 Å². The molecule has 3 rings (SSSR count). The molecule has 0 saturated carbocycles. The number of hydrogen-bond acceptors (Lipinski definition) is 2. The second-order valence-corrected chi connectivity index (χ2v) is 4.54. The van der Waals surface area contributed by atoms with Crippen molar-refractivity contribution < 1.29 is 8.91 Å². The molecule has 1 unspecified atom stereocenters. The smallest absolute Gasteiger partial charge is 0.241 e. The fraction of sp³-hybridized carbons (Fsp3) is 0.200. The van der Waals surface area contributed by atoms with Crippen molar-refractivity contribution in [2.45, 2.75) is 12.3 Å². The van der Waals surface area contributed by atoms with Crippen molar-refractivity contribution in [1.29, 1.82) is 0 Å². The van der Waals surface area contributed by atoms with Gasteiger partial charge in [-0.25, -0.2) is 0 Å². The minimum absolute atomic E-state index is 0.0925. The third-order valence-electron chi connectivity index (χ3n) is 3.55. The number of aromatic nitrogens is 1. The van der Waals surface area contributed by atoms with Crippen LogP contribution in [-0.4, -0.2) is 17.9 Å². The number of benzene rings is 1. The lowest BCUT2D eigenvalue weighted by Crippen LogP contribution is -2.36. The largest absolute Gasteiger partial charge is 0.313 e. The van der Waals surface area contributed by atoms with Gasteiger partial charge in [0.25, 0.3) is 0 Å². The Morgan fingerprint density at radius 1 is 1.33 bits per heavy atom. The third-order valence-corrected chi connectivity index (χ3v) is 3.55. The maximum absolute atomic E-state index is 12.8. The second kappa shape index (κ2) is 3.67. The zero-order valence-electron chi connectivity index (χ0n) is 13.2. The lowest BCUT2D eigenvalue weighted by molar-refractivity contribution is -0.121. The molecule has 3 nitrogen and oxygen atoms in total. The molecule has 1 aromatic heterocycles. The van der Waals surface area contributed by atoms with Gasteiger partial charge in [0.2, 0.25) is 5.91 Å². The van der Waals surface area contributed by atoms with Crippen molar-refractivity contribution in [3.05, 3.63) is 59.8 Å². The van der Waals surface area contributed by atoms with E-state index in [0.717, 1.165) is 5.56 Å². The molecule has 0 radical (unpaired) electrons. The summed E-state index contributed by atoms with van der Waals surface area (Å²) in [5, 5.41) is 0. The van der Waals surface area contributed by atoms with Gasteiger partial charge in [-0.2, -0.15) is 0 Å². The van der Waals surface area contributed by atoms with E-state index in [0.29, 0.717) is 11.3 Å². The lowest BCUT2D eigenvalue weighted by Gasteiger charge is -2.23. The quantitative estimate of drug-likeness (QED) is 0.768. The predicted molar refractivity (Wildman–Crippen MR) is 70.5 cm³/mol. The Morgan fingerprint density at radius 2 is 2.06 bits per heavy atom. The number of amides is 1. The number of carbonyl (C=O) groups excluding carboxylic acids is 1. The topological polar surface area (TPSA) is 33.2 Å². The van der Waals surface area contributed by atoms with Crippen LogP contribution in [0.1, 0.15) is 22.2 Å². The van der Waals surface area contributed by atoms with E-state index < -0.39 is 5.41 Å². The summed E-state index contributed by atoms with van der Waals surface area (Å²) in [6.45, 7) is 1.74. The fourth-order valence-electron chi connectivity index (χ4n) is 2.47. The van der Waals surface area contributed by atoms with Crippen molar-refractivity contribution in [3.8, 4) is 0 Å². The first-order chi connectivity index (χ1) is 9.89. The predicted octanol–water partition coefficient (Wildman–Crippen LogP) is 2.36. The minimum Gasteiger partial charge on any atom is -0.313 e. The summed E-state index contributed by atoms with van der Waals surface area (Å²) in [5.41, 5.74) is 0.411. The maximum atomic E-state index is 12.8. The van der Waals surface area contributed by atoms with Crippen molar-refractivity contribution in [2.24, 2.45) is 0 Å². The number of anilines is 1. The molecular formula is C15H14N2O. The van der Waals surface area contributed by atoms with E-state index in [1.165, 1.54) is 4.90 Å². The Morgan fingerprint density at radius 3 is 2.78 bits per heavy atom. The number of hydrogen-bond donors (Lipinski definition) is 0. The number of nitrogens with zero attached hydrogens (tertiary/aromatic N) is 2. The molecule has 1 amide bonds. The Hall–Kier alpha value is -2.16. The van der Waals surface area contributed by atoms with Crippen molar-refractivity contribution >= 4 is 11.6 Å². The summed E-state index contributed by atoms with van der Waals surface area (Å²) in [7, 11) is 1.58. The van der Waals surface area contributed by atoms with Gasteiger partial charge < -0.3 is 4.90 Å². The van der Waals surface area contributed by atoms with Crippen LogP contribution in [0.5, 0.6) is 0 Å². The van der Waals surface area contributed by atoms with Crippen LogP contribution >= 0.6 is 0 Å². The first-order valence-electron chi connectivity index (χ1n) is 7.21. The normalized spacial score (nSPS) is 24.4. The monoisotopic (exact) mass is 241 g/mol. The number of carbonyl (C=O) groups is 1. The molecule has 18 heavy (non-hydrogen) atoms. The first kappa shape index (κ1) is 8.03. The molecule has 0 aliphatic carbocycles. The van der Waals surface area contributed by atoms with E-state index in [4.69, 9.17) is 4.11 Å². The number of pyridine rings is 1. The van der Waals surface area contributed by atoms with Gasteiger partial charge in [0.05, 0.1) is 21.4 Å². The average Bonchev–Trinajstić information content (AvgIpc) is 2.69. The molecule has 1 aromatic carbocycles. The van der Waals surface area contributed by atoms with Crippen LogP contribution in [0, 0.1) is 0 Å². The van der Waals surface area contributed by atoms with Gasteiger partial charge in [-0.15, -0.1) is 0 Å². The molecular weight excluding hydrogens is 224 g/mol. The van der Waals surface area contributed by atoms with E-state index in [-0.39, 0.29) is 24.3 Å². The summed E-state index contributed by atoms with van der Waals surface area (Å²) in [4.78, 5) is 17.9. The zero-order chi connectivity index (χ0) is 15.4. The molecule has 1 aliphatic rings. The van der Waals surface area contributed by atoms with Gasteiger partial charge in [-0.3, -0.25) is 9.78 Å². The van der Waals surface area contributed by atoms with E-state index in [1.807, 2.05) is 30.3 Å². The molecule has 1 aliphatic heterocycles. The van der Waals surface area contributed by atoms with Crippen LogP contribution in [0.3, 0.4) is 0 Å². The third kappa shape index (κ3) is 1.24. The van der Waals surface area contributed by atoms with Crippen molar-refractivity contribution in [2.75, 3.05) is 11.9 Å². The molecule has 3 heteroatoms. The van der Waals surface area contributed by atoms with Crippen molar-refractivity contribution in [3.63, 3.8) is 0 Å². The van der Waals surface area contributed by atoms with Crippen LogP contribution in [-0.2, 0) is 10.2 Å². The zero-order valence-corrected chi connectivity index (χ0v) is 10.2. The molecule has 1 atom stereocenters. The van der Waals surface area contributed by atoms with Crippen LogP contribution in [0.25, 0.3) is 0 Å². The minimum atomic E-state index is -1.06. The van der Waals surface area contributed by atoms with Crippen LogP contribution in [0.4, 0.5) is 5.69 Å². The van der Waals surface area contributed by atoms with Gasteiger partial charge in [0.1, 0.15) is 0 Å². The summed E-state index contributed by atoms with van der Waals surface area (Å²) in [5.74, 6) is -0.210. The highest BCUT2D eigenvalue weighted by Crippen LogP contribution is 2.44. The Balaban J connectivity index is 2.40. The highest BCUT2D eigenvalue weighted by atomic mass is 16.2. The SMILES string of the molecule is [2H]c1nc([2H])c2c(c1[2H])C(C)(c1ccccc1)C(=O)N2C. The molecule has 0 spiro atoms. The summed E-state index contributed by atoms with van der Waals surface area (Å²) >= 11 is 0. The second-order valence-electron chi connectivity index (χ2n) is 4.54. The van der Waals surface area contributed by atoms with Crippen molar-refractivity contribution in [1.82, 2.24) is 4.98 Å². The highest BCUT2D eigenvalue weighted by molar-refractivity contribution is 6.09.